The molecule has 0 aromatic heterocycles. The summed E-state index contributed by atoms with van der Waals surface area (Å²) in [5.41, 5.74) is 2.10. The van der Waals surface area contributed by atoms with E-state index in [1.165, 1.54) is 6.92 Å². The second-order valence-electron chi connectivity index (χ2n) is 7.64. The molecule has 156 valence electrons. The Hall–Kier alpha value is -2.89. The smallest absolute Gasteiger partial charge is 0.217 e. The van der Waals surface area contributed by atoms with Crippen molar-refractivity contribution in [3.8, 4) is 17.2 Å². The quantitative estimate of drug-likeness (QED) is 0.730. The van der Waals surface area contributed by atoms with Gasteiger partial charge in [0.15, 0.2) is 0 Å². The molecule has 29 heavy (non-hydrogen) atoms. The summed E-state index contributed by atoms with van der Waals surface area (Å²) in [4.78, 5) is 13.4. The van der Waals surface area contributed by atoms with Crippen LogP contribution in [0, 0.1) is 0 Å². The van der Waals surface area contributed by atoms with Crippen molar-refractivity contribution in [2.75, 3.05) is 25.1 Å². The maximum absolute atomic E-state index is 11.2. The monoisotopic (exact) mass is 398 g/mol. The van der Waals surface area contributed by atoms with Crippen molar-refractivity contribution in [2.24, 2.45) is 0 Å². The number of ether oxygens (including phenoxy) is 3. The van der Waals surface area contributed by atoms with Crippen molar-refractivity contribution >= 4 is 11.6 Å². The van der Waals surface area contributed by atoms with Crippen molar-refractivity contribution in [3.63, 3.8) is 0 Å². The van der Waals surface area contributed by atoms with Gasteiger partial charge in [0.2, 0.25) is 5.91 Å². The fourth-order valence-electron chi connectivity index (χ4n) is 3.39. The third kappa shape index (κ3) is 5.34. The number of nitrogens with one attached hydrogen (secondary N) is 1. The molecular weight excluding hydrogens is 368 g/mol. The van der Waals surface area contributed by atoms with Gasteiger partial charge in [-0.2, -0.15) is 0 Å². The molecule has 1 fully saturated rings. The van der Waals surface area contributed by atoms with Crippen molar-refractivity contribution in [1.82, 2.24) is 5.32 Å². The lowest BCUT2D eigenvalue weighted by Gasteiger charge is -2.41. The number of hydrogen-bond donors (Lipinski definition) is 1. The Morgan fingerprint density at radius 3 is 2.31 bits per heavy atom. The summed E-state index contributed by atoms with van der Waals surface area (Å²) in [5.74, 6) is 2.41. The van der Waals surface area contributed by atoms with E-state index in [2.05, 4.69) is 10.2 Å². The third-order valence-corrected chi connectivity index (χ3v) is 4.81. The zero-order valence-electron chi connectivity index (χ0n) is 17.8. The van der Waals surface area contributed by atoms with E-state index in [0.29, 0.717) is 0 Å². The molecule has 1 aliphatic rings. The van der Waals surface area contributed by atoms with Gasteiger partial charge >= 0.3 is 0 Å². The van der Waals surface area contributed by atoms with Crippen LogP contribution in [-0.4, -0.2) is 38.3 Å². The van der Waals surface area contributed by atoms with Crippen LogP contribution >= 0.6 is 0 Å². The second kappa shape index (κ2) is 9.07. The first-order valence-electron chi connectivity index (χ1n) is 9.99. The van der Waals surface area contributed by atoms with E-state index in [1.807, 2.05) is 63.2 Å². The lowest BCUT2D eigenvalue weighted by Crippen LogP contribution is -2.54. The number of amides is 1. The van der Waals surface area contributed by atoms with E-state index in [4.69, 9.17) is 14.2 Å². The van der Waals surface area contributed by atoms with Crippen LogP contribution in [0.25, 0.3) is 0 Å². The molecule has 0 radical (unpaired) electrons. The zero-order valence-corrected chi connectivity index (χ0v) is 17.8. The van der Waals surface area contributed by atoms with E-state index >= 15 is 0 Å². The van der Waals surface area contributed by atoms with E-state index < -0.39 is 0 Å². The maximum atomic E-state index is 11.2. The molecule has 0 unspecified atom stereocenters. The van der Waals surface area contributed by atoms with Crippen molar-refractivity contribution < 1.29 is 19.0 Å². The lowest BCUT2D eigenvalue weighted by atomic mass is 10.1. The molecular formula is C23H30N2O4. The first kappa shape index (κ1) is 20.8. The fourth-order valence-corrected chi connectivity index (χ4v) is 3.39. The lowest BCUT2D eigenvalue weighted by molar-refractivity contribution is -0.119. The number of anilines is 1. The standard InChI is InChI=1S/C23H30N2O4/c1-15(2)28-20-10-11-22(23(12-20)27-5)25-13-21(14-25)29-19-8-6-18(7-9-19)16(3)24-17(4)26/h6-12,15-16,21H,13-14H2,1-5H3,(H,24,26)/t16-/m0/s1. The van der Waals surface area contributed by atoms with Gasteiger partial charge < -0.3 is 24.4 Å². The average molecular weight is 399 g/mol. The molecule has 2 aromatic rings. The van der Waals surface area contributed by atoms with Gasteiger partial charge in [-0.25, -0.2) is 0 Å². The largest absolute Gasteiger partial charge is 0.494 e. The molecule has 0 spiro atoms. The molecule has 6 heteroatoms. The Morgan fingerprint density at radius 2 is 1.72 bits per heavy atom. The number of carbonyl (C=O) groups excluding carboxylic acids is 1. The van der Waals surface area contributed by atoms with Crippen LogP contribution in [0.1, 0.15) is 39.3 Å². The second-order valence-corrected chi connectivity index (χ2v) is 7.64. The molecule has 6 nitrogen and oxygen atoms in total. The van der Waals surface area contributed by atoms with Gasteiger partial charge in [-0.05, 0) is 50.6 Å². The number of methoxy groups -OCH3 is 1. The highest BCUT2D eigenvalue weighted by molar-refractivity contribution is 5.73. The fraction of sp³-hybridized carbons (Fsp3) is 0.435. The Labute approximate surface area is 172 Å². The molecule has 1 saturated heterocycles. The Balaban J connectivity index is 1.55. The minimum absolute atomic E-state index is 0.0177. The van der Waals surface area contributed by atoms with Crippen LogP contribution < -0.4 is 24.4 Å². The van der Waals surface area contributed by atoms with Crippen LogP contribution in [0.15, 0.2) is 42.5 Å². The van der Waals surface area contributed by atoms with E-state index in [1.54, 1.807) is 7.11 Å². The van der Waals surface area contributed by atoms with Gasteiger partial charge in [0.25, 0.3) is 0 Å². The van der Waals surface area contributed by atoms with Crippen molar-refractivity contribution in [2.45, 2.75) is 45.9 Å². The van der Waals surface area contributed by atoms with Gasteiger partial charge in [-0.1, -0.05) is 12.1 Å². The van der Waals surface area contributed by atoms with Gasteiger partial charge in [0, 0.05) is 13.0 Å². The Morgan fingerprint density at radius 1 is 1.07 bits per heavy atom. The number of hydrogen-bond acceptors (Lipinski definition) is 5. The first-order chi connectivity index (χ1) is 13.9. The Kier molecular flexibility index (Phi) is 6.52. The minimum Gasteiger partial charge on any atom is -0.494 e. The topological polar surface area (TPSA) is 60.0 Å². The van der Waals surface area contributed by atoms with E-state index in [9.17, 15) is 4.79 Å². The number of nitrogens with zero attached hydrogens (tertiary/aromatic N) is 1. The van der Waals surface area contributed by atoms with Crippen molar-refractivity contribution in [1.29, 1.82) is 0 Å². The molecule has 1 N–H and O–H groups in total. The summed E-state index contributed by atoms with van der Waals surface area (Å²) < 4.78 is 17.4. The summed E-state index contributed by atoms with van der Waals surface area (Å²) in [7, 11) is 1.68. The third-order valence-electron chi connectivity index (χ3n) is 4.81. The molecule has 1 heterocycles. The minimum atomic E-state index is -0.0355. The highest BCUT2D eigenvalue weighted by Gasteiger charge is 2.30. The predicted octanol–water partition coefficient (Wildman–Crippen LogP) is 3.95. The van der Waals surface area contributed by atoms with Crippen molar-refractivity contribution in [3.05, 3.63) is 48.0 Å². The number of rotatable bonds is 8. The summed E-state index contributed by atoms with van der Waals surface area (Å²) in [5, 5.41) is 2.88. The van der Waals surface area contributed by atoms with Crippen LogP contribution in [0.5, 0.6) is 17.2 Å². The average Bonchev–Trinajstić information content (AvgIpc) is 2.64. The molecule has 1 amide bonds. The van der Waals surface area contributed by atoms with E-state index in [0.717, 1.165) is 41.6 Å². The first-order valence-corrected chi connectivity index (χ1v) is 9.99. The molecule has 0 bridgehead atoms. The summed E-state index contributed by atoms with van der Waals surface area (Å²) in [6.45, 7) is 9.09. The van der Waals surface area contributed by atoms with Crippen LogP contribution in [0.3, 0.4) is 0 Å². The summed E-state index contributed by atoms with van der Waals surface area (Å²) in [6.07, 6.45) is 0.255. The Bertz CT molecular complexity index is 829. The summed E-state index contributed by atoms with van der Waals surface area (Å²) in [6, 6.07) is 13.8. The van der Waals surface area contributed by atoms with Gasteiger partial charge in [0.1, 0.15) is 23.4 Å². The molecule has 0 saturated carbocycles. The maximum Gasteiger partial charge on any atom is 0.217 e. The molecule has 0 aliphatic carbocycles. The highest BCUT2D eigenvalue weighted by Crippen LogP contribution is 2.35. The number of benzene rings is 2. The predicted molar refractivity (Wildman–Crippen MR) is 114 cm³/mol. The molecule has 1 atom stereocenters. The molecule has 2 aromatic carbocycles. The van der Waals surface area contributed by atoms with Gasteiger partial charge in [-0.15, -0.1) is 0 Å². The van der Waals surface area contributed by atoms with Crippen LogP contribution in [0.2, 0.25) is 0 Å². The van der Waals surface area contributed by atoms with Gasteiger partial charge in [0.05, 0.1) is 38.0 Å². The zero-order chi connectivity index (χ0) is 21.0. The normalized spacial score (nSPS) is 14.9. The summed E-state index contributed by atoms with van der Waals surface area (Å²) >= 11 is 0. The highest BCUT2D eigenvalue weighted by atomic mass is 16.5. The van der Waals surface area contributed by atoms with Crippen LogP contribution in [0.4, 0.5) is 5.69 Å². The van der Waals surface area contributed by atoms with Crippen LogP contribution in [-0.2, 0) is 4.79 Å². The SMILES string of the molecule is COc1cc(OC(C)C)ccc1N1CC(Oc2ccc([C@H](C)NC(C)=O)cc2)C1. The molecule has 1 aliphatic heterocycles. The van der Waals surface area contributed by atoms with E-state index in [-0.39, 0.29) is 24.2 Å². The van der Waals surface area contributed by atoms with Gasteiger partial charge in [-0.3, -0.25) is 4.79 Å². The molecule has 3 rings (SSSR count). The number of carbonyl (C=O) groups is 1.